The quantitative estimate of drug-likeness (QED) is 0.515. The summed E-state index contributed by atoms with van der Waals surface area (Å²) in [5, 5.41) is 0. The van der Waals surface area contributed by atoms with Crippen LogP contribution in [0, 0.1) is 12.7 Å². The van der Waals surface area contributed by atoms with Gasteiger partial charge < -0.3 is 0 Å². The molecule has 0 radical (unpaired) electrons. The molecule has 0 aromatic heterocycles. The lowest BCUT2D eigenvalue weighted by Gasteiger charge is -2.03. The number of nitrogens with zero attached hydrogens (tertiary/aromatic N) is 1. The van der Waals surface area contributed by atoms with Crippen LogP contribution in [0.5, 0.6) is 0 Å². The van der Waals surface area contributed by atoms with E-state index < -0.39 is 0 Å². The van der Waals surface area contributed by atoms with Gasteiger partial charge in [0.05, 0.1) is 6.54 Å². The van der Waals surface area contributed by atoms with Gasteiger partial charge in [0.25, 0.3) is 0 Å². The number of aliphatic imine (C=N–C) groups is 1. The van der Waals surface area contributed by atoms with Crippen LogP contribution < -0.4 is 0 Å². The van der Waals surface area contributed by atoms with Gasteiger partial charge in [0, 0.05) is 0 Å². The Morgan fingerprint density at radius 1 is 1.54 bits per heavy atom. The van der Waals surface area contributed by atoms with Crippen LogP contribution in [0.3, 0.4) is 0 Å². The van der Waals surface area contributed by atoms with Gasteiger partial charge in [0.15, 0.2) is 0 Å². The maximum Gasteiger partial charge on any atom is 0.234 e. The lowest BCUT2D eigenvalue weighted by atomic mass is 10.1. The highest BCUT2D eigenvalue weighted by atomic mass is 19.1. The minimum Gasteiger partial charge on any atom is -0.211 e. The molecule has 68 valence electrons. The van der Waals surface area contributed by atoms with E-state index in [1.165, 1.54) is 12.1 Å². The Morgan fingerprint density at radius 3 is 3.00 bits per heavy atom. The average Bonchev–Trinajstić information content (AvgIpc) is 2.13. The summed E-state index contributed by atoms with van der Waals surface area (Å²) >= 11 is 0. The number of isocyanates is 1. The van der Waals surface area contributed by atoms with Crippen LogP contribution in [0.2, 0.25) is 0 Å². The van der Waals surface area contributed by atoms with E-state index in [1.807, 2.05) is 6.07 Å². The Hall–Kier alpha value is -1.47. The van der Waals surface area contributed by atoms with Crippen molar-refractivity contribution in [2.45, 2.75) is 13.3 Å². The van der Waals surface area contributed by atoms with Crippen LogP contribution in [0.15, 0.2) is 23.2 Å². The van der Waals surface area contributed by atoms with E-state index in [1.54, 1.807) is 13.0 Å². The van der Waals surface area contributed by atoms with Crippen LogP contribution in [-0.2, 0) is 11.2 Å². The molecule has 0 aliphatic rings. The standard InChI is InChI=1S/C10H10FNO/c1-8-9(5-6-12-7-13)3-2-4-10(8)11/h2-4H,5-6H2,1H3. The summed E-state index contributed by atoms with van der Waals surface area (Å²) in [6.45, 7) is 2.09. The molecule has 0 saturated carbocycles. The lowest BCUT2D eigenvalue weighted by Crippen LogP contribution is -1.95. The van der Waals surface area contributed by atoms with Crippen molar-refractivity contribution in [1.29, 1.82) is 0 Å². The summed E-state index contributed by atoms with van der Waals surface area (Å²) in [4.78, 5) is 13.2. The van der Waals surface area contributed by atoms with Gasteiger partial charge in [-0.2, -0.15) is 0 Å². The zero-order valence-electron chi connectivity index (χ0n) is 7.38. The Kier molecular flexibility index (Phi) is 3.35. The fraction of sp³-hybridized carbons (Fsp3) is 0.300. The van der Waals surface area contributed by atoms with Gasteiger partial charge in [-0.15, -0.1) is 0 Å². The monoisotopic (exact) mass is 179 g/mol. The topological polar surface area (TPSA) is 29.4 Å². The van der Waals surface area contributed by atoms with Crippen LogP contribution in [-0.4, -0.2) is 12.6 Å². The van der Waals surface area contributed by atoms with Crippen LogP contribution >= 0.6 is 0 Å². The normalized spacial score (nSPS) is 9.38. The number of hydrogen-bond acceptors (Lipinski definition) is 2. The van der Waals surface area contributed by atoms with Gasteiger partial charge >= 0.3 is 0 Å². The summed E-state index contributed by atoms with van der Waals surface area (Å²) in [5.74, 6) is -0.215. The molecule has 2 nitrogen and oxygen atoms in total. The molecule has 1 rings (SSSR count). The summed E-state index contributed by atoms with van der Waals surface area (Å²) in [7, 11) is 0. The average molecular weight is 179 g/mol. The fourth-order valence-corrected chi connectivity index (χ4v) is 1.14. The van der Waals surface area contributed by atoms with Crippen molar-refractivity contribution in [2.75, 3.05) is 6.54 Å². The molecule has 0 fully saturated rings. The first-order valence-electron chi connectivity index (χ1n) is 4.03. The maximum atomic E-state index is 13.0. The van der Waals surface area contributed by atoms with Gasteiger partial charge in [-0.25, -0.2) is 14.2 Å². The molecular weight excluding hydrogens is 169 g/mol. The van der Waals surface area contributed by atoms with Crippen molar-refractivity contribution in [3.63, 3.8) is 0 Å². The van der Waals surface area contributed by atoms with Gasteiger partial charge in [-0.1, -0.05) is 12.1 Å². The molecule has 13 heavy (non-hydrogen) atoms. The predicted octanol–water partition coefficient (Wildman–Crippen LogP) is 2.01. The number of hydrogen-bond donors (Lipinski definition) is 0. The number of carbonyl (C=O) groups excluding carboxylic acids is 1. The van der Waals surface area contributed by atoms with E-state index in [4.69, 9.17) is 0 Å². The molecule has 3 heteroatoms. The molecule has 0 N–H and O–H groups in total. The van der Waals surface area contributed by atoms with E-state index >= 15 is 0 Å². The molecule has 0 amide bonds. The van der Waals surface area contributed by atoms with Gasteiger partial charge in [-0.05, 0) is 30.5 Å². The highest BCUT2D eigenvalue weighted by molar-refractivity contribution is 5.33. The number of rotatable bonds is 3. The van der Waals surface area contributed by atoms with Crippen molar-refractivity contribution in [3.05, 3.63) is 35.1 Å². The predicted molar refractivity (Wildman–Crippen MR) is 47.8 cm³/mol. The molecule has 0 saturated heterocycles. The summed E-state index contributed by atoms with van der Waals surface area (Å²) in [6.07, 6.45) is 2.04. The Balaban J connectivity index is 2.76. The number of benzene rings is 1. The first-order chi connectivity index (χ1) is 6.25. The van der Waals surface area contributed by atoms with Crippen molar-refractivity contribution in [1.82, 2.24) is 0 Å². The summed E-state index contributed by atoms with van der Waals surface area (Å²) in [5.41, 5.74) is 1.52. The minimum absolute atomic E-state index is 0.215. The highest BCUT2D eigenvalue weighted by Gasteiger charge is 2.01. The molecule has 1 aromatic carbocycles. The SMILES string of the molecule is Cc1c(F)cccc1CCN=C=O. The Morgan fingerprint density at radius 2 is 2.31 bits per heavy atom. The Labute approximate surface area is 76.1 Å². The molecule has 0 aliphatic heterocycles. The van der Waals surface area contributed by atoms with Crippen molar-refractivity contribution in [3.8, 4) is 0 Å². The number of halogens is 1. The zero-order chi connectivity index (χ0) is 9.68. The Bertz CT molecular complexity index is 343. The largest absolute Gasteiger partial charge is 0.234 e. The second kappa shape index (κ2) is 4.53. The van der Waals surface area contributed by atoms with Crippen molar-refractivity contribution < 1.29 is 9.18 Å². The smallest absolute Gasteiger partial charge is 0.211 e. The highest BCUT2D eigenvalue weighted by Crippen LogP contribution is 2.12. The second-order valence-electron chi connectivity index (χ2n) is 2.75. The van der Waals surface area contributed by atoms with E-state index in [9.17, 15) is 9.18 Å². The first kappa shape index (κ1) is 9.62. The molecule has 0 atom stereocenters. The van der Waals surface area contributed by atoms with Crippen LogP contribution in [0.4, 0.5) is 4.39 Å². The molecule has 0 aliphatic carbocycles. The maximum absolute atomic E-state index is 13.0. The minimum atomic E-state index is -0.215. The summed E-state index contributed by atoms with van der Waals surface area (Å²) < 4.78 is 13.0. The fourth-order valence-electron chi connectivity index (χ4n) is 1.14. The van der Waals surface area contributed by atoms with E-state index in [0.717, 1.165) is 5.56 Å². The molecule has 0 heterocycles. The molecule has 1 aromatic rings. The third kappa shape index (κ3) is 2.49. The third-order valence-electron chi connectivity index (χ3n) is 1.94. The molecule has 0 unspecified atom stereocenters. The van der Waals surface area contributed by atoms with Crippen molar-refractivity contribution in [2.24, 2.45) is 4.99 Å². The van der Waals surface area contributed by atoms with E-state index in [2.05, 4.69) is 4.99 Å². The van der Waals surface area contributed by atoms with Gasteiger partial charge in [0.2, 0.25) is 6.08 Å². The molecule has 0 bridgehead atoms. The zero-order valence-corrected chi connectivity index (χ0v) is 7.38. The van der Waals surface area contributed by atoms with E-state index in [-0.39, 0.29) is 5.82 Å². The lowest BCUT2D eigenvalue weighted by molar-refractivity contribution is 0.563. The van der Waals surface area contributed by atoms with E-state index in [0.29, 0.717) is 18.5 Å². The third-order valence-corrected chi connectivity index (χ3v) is 1.94. The van der Waals surface area contributed by atoms with Crippen molar-refractivity contribution >= 4 is 6.08 Å². The van der Waals surface area contributed by atoms with Gasteiger partial charge in [-0.3, -0.25) is 0 Å². The first-order valence-corrected chi connectivity index (χ1v) is 4.03. The molecular formula is C10H10FNO. The van der Waals surface area contributed by atoms with Crippen LogP contribution in [0.1, 0.15) is 11.1 Å². The van der Waals surface area contributed by atoms with Gasteiger partial charge in [0.1, 0.15) is 5.82 Å². The van der Waals surface area contributed by atoms with Crippen LogP contribution in [0.25, 0.3) is 0 Å². The molecule has 0 spiro atoms. The second-order valence-corrected chi connectivity index (χ2v) is 2.75. The summed E-state index contributed by atoms with van der Waals surface area (Å²) in [6, 6.07) is 4.91.